The highest BCUT2D eigenvalue weighted by molar-refractivity contribution is 5.99. The average Bonchev–Trinajstić information content (AvgIpc) is 3.09. The third-order valence-electron chi connectivity index (χ3n) is 5.08. The summed E-state index contributed by atoms with van der Waals surface area (Å²) in [6.07, 6.45) is 10.2. The Labute approximate surface area is 164 Å². The van der Waals surface area contributed by atoms with Crippen LogP contribution in [0.1, 0.15) is 56.4 Å². The second-order valence-electron chi connectivity index (χ2n) is 6.92. The number of rotatable bonds is 7. The lowest BCUT2D eigenvalue weighted by atomic mass is 9.89. The number of carbonyl (C=O) groups is 1. The molecule has 28 heavy (non-hydrogen) atoms. The minimum absolute atomic E-state index is 0.231. The molecule has 3 aromatic heterocycles. The maximum absolute atomic E-state index is 11.3. The molecule has 0 atom stereocenters. The van der Waals surface area contributed by atoms with Gasteiger partial charge in [0.25, 0.3) is 0 Å². The van der Waals surface area contributed by atoms with E-state index in [2.05, 4.69) is 30.0 Å². The van der Waals surface area contributed by atoms with Gasteiger partial charge in [-0.05, 0) is 44.4 Å². The summed E-state index contributed by atoms with van der Waals surface area (Å²) in [7, 11) is 0. The Balaban J connectivity index is 2.45. The molecule has 6 heteroatoms. The summed E-state index contributed by atoms with van der Waals surface area (Å²) in [5.74, 6) is -0.747. The smallest absolute Gasteiger partial charge is 0.328 e. The van der Waals surface area contributed by atoms with Crippen molar-refractivity contribution in [1.82, 2.24) is 19.7 Å². The van der Waals surface area contributed by atoms with Crippen molar-refractivity contribution < 1.29 is 9.90 Å². The first-order chi connectivity index (χ1) is 13.5. The van der Waals surface area contributed by atoms with E-state index in [0.717, 1.165) is 51.8 Å². The number of carboxylic acids is 1. The maximum Gasteiger partial charge on any atom is 0.328 e. The van der Waals surface area contributed by atoms with Crippen LogP contribution in [0, 0.1) is 6.92 Å². The first-order valence-corrected chi connectivity index (χ1v) is 9.72. The quantitative estimate of drug-likeness (QED) is 0.596. The van der Waals surface area contributed by atoms with Gasteiger partial charge in [0, 0.05) is 53.0 Å². The van der Waals surface area contributed by atoms with E-state index < -0.39 is 5.97 Å². The lowest BCUT2D eigenvalue weighted by Crippen LogP contribution is -2.07. The predicted octanol–water partition coefficient (Wildman–Crippen LogP) is 4.82. The Bertz CT molecular complexity index is 1030. The third-order valence-corrected chi connectivity index (χ3v) is 5.08. The van der Waals surface area contributed by atoms with Crippen molar-refractivity contribution in [3.05, 3.63) is 47.6 Å². The maximum atomic E-state index is 11.3. The van der Waals surface area contributed by atoms with E-state index in [1.807, 2.05) is 37.1 Å². The fourth-order valence-electron chi connectivity index (χ4n) is 3.66. The van der Waals surface area contributed by atoms with Gasteiger partial charge in [-0.15, -0.1) is 0 Å². The summed E-state index contributed by atoms with van der Waals surface area (Å²) in [5, 5.41) is 14.7. The second-order valence-corrected chi connectivity index (χ2v) is 6.92. The zero-order valence-corrected chi connectivity index (χ0v) is 16.8. The molecule has 146 valence electrons. The molecule has 0 saturated heterocycles. The number of aromatic nitrogens is 4. The number of hydrogen-bond acceptors (Lipinski definition) is 4. The first kappa shape index (κ1) is 19.7. The van der Waals surface area contributed by atoms with Crippen LogP contribution in [-0.4, -0.2) is 30.8 Å². The molecule has 0 aliphatic rings. The highest BCUT2D eigenvalue weighted by Gasteiger charge is 2.22. The molecule has 0 saturated carbocycles. The van der Waals surface area contributed by atoms with Crippen molar-refractivity contribution in [3.63, 3.8) is 0 Å². The summed E-state index contributed by atoms with van der Waals surface area (Å²) < 4.78 is 1.89. The summed E-state index contributed by atoms with van der Waals surface area (Å²) in [5.41, 5.74) is 5.52. The number of fused-ring (bicyclic) bond motifs is 1. The van der Waals surface area contributed by atoms with Crippen molar-refractivity contribution in [2.75, 3.05) is 0 Å². The van der Waals surface area contributed by atoms with Crippen LogP contribution >= 0.6 is 0 Å². The monoisotopic (exact) mass is 378 g/mol. The number of nitrogens with zero attached hydrogens (tertiary/aromatic N) is 4. The molecule has 0 spiro atoms. The van der Waals surface area contributed by atoms with E-state index >= 15 is 0 Å². The van der Waals surface area contributed by atoms with Crippen LogP contribution in [-0.2, 0) is 11.3 Å². The van der Waals surface area contributed by atoms with Crippen molar-refractivity contribution in [2.45, 2.75) is 53.0 Å². The van der Waals surface area contributed by atoms with Gasteiger partial charge in [-0.3, -0.25) is 4.98 Å². The molecule has 3 rings (SSSR count). The van der Waals surface area contributed by atoms with E-state index in [-0.39, 0.29) is 5.92 Å². The van der Waals surface area contributed by atoms with Crippen molar-refractivity contribution in [1.29, 1.82) is 0 Å². The highest BCUT2D eigenvalue weighted by Crippen LogP contribution is 2.38. The molecule has 1 N–H and O–H groups in total. The van der Waals surface area contributed by atoms with E-state index in [1.165, 1.54) is 6.08 Å². The summed E-state index contributed by atoms with van der Waals surface area (Å²) in [6, 6.07) is 2.07. The summed E-state index contributed by atoms with van der Waals surface area (Å²) in [6.45, 7) is 9.02. The number of aryl methyl sites for hydroxylation is 2. The molecule has 0 bridgehead atoms. The Morgan fingerprint density at radius 1 is 1.21 bits per heavy atom. The van der Waals surface area contributed by atoms with E-state index in [9.17, 15) is 9.90 Å². The molecule has 3 aromatic rings. The fraction of sp³-hybridized carbons (Fsp3) is 0.364. The van der Waals surface area contributed by atoms with Crippen LogP contribution in [0.3, 0.4) is 0 Å². The molecular weight excluding hydrogens is 352 g/mol. The van der Waals surface area contributed by atoms with Crippen LogP contribution in [0.5, 0.6) is 0 Å². The van der Waals surface area contributed by atoms with Crippen molar-refractivity contribution in [3.8, 4) is 11.1 Å². The molecule has 0 aromatic carbocycles. The van der Waals surface area contributed by atoms with E-state index in [1.54, 1.807) is 6.08 Å². The number of pyridine rings is 2. The van der Waals surface area contributed by atoms with Crippen LogP contribution in [0.15, 0.2) is 30.7 Å². The van der Waals surface area contributed by atoms with Crippen LogP contribution in [0.25, 0.3) is 28.2 Å². The van der Waals surface area contributed by atoms with Gasteiger partial charge in [0.05, 0.1) is 11.9 Å². The lowest BCUT2D eigenvalue weighted by Gasteiger charge is -2.19. The molecule has 0 fully saturated rings. The molecule has 0 unspecified atom stereocenters. The Kier molecular flexibility index (Phi) is 5.87. The normalized spacial score (nSPS) is 11.8. The third kappa shape index (κ3) is 3.67. The highest BCUT2D eigenvalue weighted by atomic mass is 16.4. The predicted molar refractivity (Wildman–Crippen MR) is 111 cm³/mol. The minimum atomic E-state index is -0.979. The SMILES string of the molecule is CCC(CC)c1nc2c(cnn2CC)c(-c2cncc(C)c2)c1/C=C/C(=O)O. The molecule has 0 aliphatic carbocycles. The van der Waals surface area contributed by atoms with Crippen LogP contribution in [0.4, 0.5) is 0 Å². The summed E-state index contributed by atoms with van der Waals surface area (Å²) >= 11 is 0. The second kappa shape index (κ2) is 8.33. The first-order valence-electron chi connectivity index (χ1n) is 9.72. The minimum Gasteiger partial charge on any atom is -0.478 e. The number of hydrogen-bond donors (Lipinski definition) is 1. The summed E-state index contributed by atoms with van der Waals surface area (Å²) in [4.78, 5) is 20.6. The molecular formula is C22H26N4O2. The average molecular weight is 378 g/mol. The fourth-order valence-corrected chi connectivity index (χ4v) is 3.66. The standard InChI is InChI=1S/C22H26N4O2/c1-5-15(6-2)21-17(8-9-19(27)28)20(16-10-14(4)11-23-12-16)18-13-24-26(7-3)22(18)25-21/h8-13,15H,5-7H2,1-4H3,(H,27,28)/b9-8+. The topological polar surface area (TPSA) is 80.9 Å². The Hall–Kier alpha value is -3.02. The van der Waals surface area contributed by atoms with Crippen molar-refractivity contribution in [2.24, 2.45) is 0 Å². The molecule has 0 aliphatic heterocycles. The lowest BCUT2D eigenvalue weighted by molar-refractivity contribution is -0.131. The molecule has 3 heterocycles. The van der Waals surface area contributed by atoms with Gasteiger partial charge in [-0.1, -0.05) is 13.8 Å². The van der Waals surface area contributed by atoms with Gasteiger partial charge in [0.15, 0.2) is 5.65 Å². The van der Waals surface area contributed by atoms with Gasteiger partial charge in [0.2, 0.25) is 0 Å². The Morgan fingerprint density at radius 3 is 2.57 bits per heavy atom. The zero-order valence-electron chi connectivity index (χ0n) is 16.8. The van der Waals surface area contributed by atoms with Crippen molar-refractivity contribution >= 4 is 23.1 Å². The molecule has 0 amide bonds. The van der Waals surface area contributed by atoms with Gasteiger partial charge >= 0.3 is 5.97 Å². The van der Waals surface area contributed by atoms with Crippen LogP contribution < -0.4 is 0 Å². The molecule has 6 nitrogen and oxygen atoms in total. The van der Waals surface area contributed by atoms with Gasteiger partial charge in [-0.2, -0.15) is 5.10 Å². The zero-order chi connectivity index (χ0) is 20.3. The molecule has 0 radical (unpaired) electrons. The van der Waals surface area contributed by atoms with Gasteiger partial charge in [0.1, 0.15) is 0 Å². The Morgan fingerprint density at radius 2 is 1.96 bits per heavy atom. The largest absolute Gasteiger partial charge is 0.478 e. The number of carboxylic acid groups (broad SMARTS) is 1. The van der Waals surface area contributed by atoms with Gasteiger partial charge in [-0.25, -0.2) is 14.5 Å². The van der Waals surface area contributed by atoms with Crippen LogP contribution in [0.2, 0.25) is 0 Å². The van der Waals surface area contributed by atoms with E-state index in [0.29, 0.717) is 6.54 Å². The van der Waals surface area contributed by atoms with E-state index in [4.69, 9.17) is 4.98 Å². The number of aliphatic carboxylic acids is 1. The van der Waals surface area contributed by atoms with Gasteiger partial charge < -0.3 is 5.11 Å².